The minimum atomic E-state index is 0.199. The molecule has 1 rings (SSSR count). The standard InChI is InChI=1S/C9H15NO2S/c1-10(4-5-11)7-9-8(12-2)3-6-13-9/h3,6,11H,4-5,7H2,1-2H3. The number of likely N-dealkylation sites (N-methyl/N-ethyl adjacent to an activating group) is 1. The van der Waals surface area contributed by atoms with Crippen LogP contribution in [-0.2, 0) is 6.54 Å². The van der Waals surface area contributed by atoms with Crippen molar-refractivity contribution in [2.45, 2.75) is 6.54 Å². The van der Waals surface area contributed by atoms with Crippen molar-refractivity contribution in [2.24, 2.45) is 0 Å². The maximum absolute atomic E-state index is 8.72. The van der Waals surface area contributed by atoms with Crippen LogP contribution >= 0.6 is 11.3 Å². The highest BCUT2D eigenvalue weighted by Crippen LogP contribution is 2.25. The topological polar surface area (TPSA) is 32.7 Å². The first-order valence-corrected chi connectivity index (χ1v) is 5.05. The molecule has 0 atom stereocenters. The summed E-state index contributed by atoms with van der Waals surface area (Å²) in [5.74, 6) is 0.940. The van der Waals surface area contributed by atoms with Gasteiger partial charge in [-0.05, 0) is 18.5 Å². The predicted octanol–water partition coefficient (Wildman–Crippen LogP) is 1.18. The molecule has 4 heteroatoms. The fraction of sp³-hybridized carbons (Fsp3) is 0.556. The van der Waals surface area contributed by atoms with Gasteiger partial charge in [0, 0.05) is 13.1 Å². The molecule has 0 aliphatic heterocycles. The summed E-state index contributed by atoms with van der Waals surface area (Å²) in [5, 5.41) is 10.7. The van der Waals surface area contributed by atoms with Crippen molar-refractivity contribution in [2.75, 3.05) is 27.3 Å². The minimum absolute atomic E-state index is 0.199. The van der Waals surface area contributed by atoms with Gasteiger partial charge >= 0.3 is 0 Å². The van der Waals surface area contributed by atoms with Crippen molar-refractivity contribution in [3.8, 4) is 5.75 Å². The number of ether oxygens (including phenoxy) is 1. The maximum atomic E-state index is 8.72. The molecule has 0 spiro atoms. The molecule has 0 bridgehead atoms. The van der Waals surface area contributed by atoms with E-state index in [0.717, 1.165) is 12.3 Å². The number of nitrogens with zero attached hydrogens (tertiary/aromatic N) is 1. The summed E-state index contributed by atoms with van der Waals surface area (Å²) in [5.41, 5.74) is 0. The van der Waals surface area contributed by atoms with Crippen LogP contribution in [0.15, 0.2) is 11.4 Å². The van der Waals surface area contributed by atoms with Gasteiger partial charge in [0.1, 0.15) is 5.75 Å². The van der Waals surface area contributed by atoms with Crippen LogP contribution in [-0.4, -0.2) is 37.3 Å². The quantitative estimate of drug-likeness (QED) is 0.776. The Bertz CT molecular complexity index is 250. The van der Waals surface area contributed by atoms with E-state index in [0.29, 0.717) is 6.54 Å². The van der Waals surface area contributed by atoms with Gasteiger partial charge in [0.2, 0.25) is 0 Å². The molecule has 1 N–H and O–H groups in total. The zero-order chi connectivity index (χ0) is 9.68. The van der Waals surface area contributed by atoms with Gasteiger partial charge in [0.15, 0.2) is 0 Å². The Kier molecular flexibility index (Phi) is 4.21. The van der Waals surface area contributed by atoms with E-state index in [1.165, 1.54) is 4.88 Å². The molecule has 0 aliphatic rings. The minimum Gasteiger partial charge on any atom is -0.496 e. The van der Waals surface area contributed by atoms with E-state index in [2.05, 4.69) is 4.90 Å². The van der Waals surface area contributed by atoms with Crippen molar-refractivity contribution in [3.63, 3.8) is 0 Å². The fourth-order valence-corrected chi connectivity index (χ4v) is 2.04. The predicted molar refractivity (Wildman–Crippen MR) is 54.3 cm³/mol. The maximum Gasteiger partial charge on any atom is 0.134 e. The summed E-state index contributed by atoms with van der Waals surface area (Å²) in [7, 11) is 3.66. The Morgan fingerprint density at radius 1 is 1.62 bits per heavy atom. The van der Waals surface area contributed by atoms with Crippen molar-refractivity contribution >= 4 is 11.3 Å². The first-order chi connectivity index (χ1) is 6.27. The average molecular weight is 201 g/mol. The van der Waals surface area contributed by atoms with Gasteiger partial charge in [-0.15, -0.1) is 11.3 Å². The molecule has 0 unspecified atom stereocenters. The smallest absolute Gasteiger partial charge is 0.134 e. The highest BCUT2D eigenvalue weighted by molar-refractivity contribution is 7.10. The van der Waals surface area contributed by atoms with Gasteiger partial charge in [-0.2, -0.15) is 0 Å². The monoisotopic (exact) mass is 201 g/mol. The number of thiophene rings is 1. The van der Waals surface area contributed by atoms with Crippen LogP contribution in [0.5, 0.6) is 5.75 Å². The summed E-state index contributed by atoms with van der Waals surface area (Å²) in [6, 6.07) is 1.97. The van der Waals surface area contributed by atoms with Crippen LogP contribution < -0.4 is 4.74 Å². The van der Waals surface area contributed by atoms with Crippen molar-refractivity contribution in [1.82, 2.24) is 4.90 Å². The molecular weight excluding hydrogens is 186 g/mol. The zero-order valence-electron chi connectivity index (χ0n) is 7.99. The Hall–Kier alpha value is -0.580. The summed E-state index contributed by atoms with van der Waals surface area (Å²) < 4.78 is 5.19. The van der Waals surface area contributed by atoms with E-state index in [1.54, 1.807) is 18.4 Å². The normalized spacial score (nSPS) is 10.8. The van der Waals surface area contributed by atoms with Crippen molar-refractivity contribution < 1.29 is 9.84 Å². The van der Waals surface area contributed by atoms with E-state index < -0.39 is 0 Å². The van der Waals surface area contributed by atoms with E-state index >= 15 is 0 Å². The Morgan fingerprint density at radius 2 is 2.38 bits per heavy atom. The summed E-state index contributed by atoms with van der Waals surface area (Å²) >= 11 is 1.68. The fourth-order valence-electron chi connectivity index (χ4n) is 1.12. The molecule has 1 heterocycles. The van der Waals surface area contributed by atoms with Crippen LogP contribution in [0.3, 0.4) is 0 Å². The first-order valence-electron chi connectivity index (χ1n) is 4.17. The molecule has 0 fully saturated rings. The molecule has 0 saturated carbocycles. The molecule has 0 aromatic carbocycles. The van der Waals surface area contributed by atoms with Crippen LogP contribution in [0.1, 0.15) is 4.88 Å². The van der Waals surface area contributed by atoms with Crippen molar-refractivity contribution in [3.05, 3.63) is 16.3 Å². The summed E-state index contributed by atoms with van der Waals surface area (Å²) in [6.45, 7) is 1.73. The lowest BCUT2D eigenvalue weighted by Gasteiger charge is -2.14. The van der Waals surface area contributed by atoms with Gasteiger partial charge in [0.05, 0.1) is 18.6 Å². The number of rotatable bonds is 5. The lowest BCUT2D eigenvalue weighted by Crippen LogP contribution is -2.21. The molecule has 1 aromatic heterocycles. The number of hydrogen-bond acceptors (Lipinski definition) is 4. The first kappa shape index (κ1) is 10.5. The lowest BCUT2D eigenvalue weighted by molar-refractivity contribution is 0.217. The average Bonchev–Trinajstić information content (AvgIpc) is 2.52. The lowest BCUT2D eigenvalue weighted by atomic mass is 10.4. The van der Waals surface area contributed by atoms with Gasteiger partial charge in [-0.1, -0.05) is 0 Å². The third kappa shape index (κ3) is 2.99. The van der Waals surface area contributed by atoms with Crippen LogP contribution in [0, 0.1) is 0 Å². The third-order valence-electron chi connectivity index (χ3n) is 1.82. The van der Waals surface area contributed by atoms with E-state index in [9.17, 15) is 0 Å². The van der Waals surface area contributed by atoms with E-state index in [1.807, 2.05) is 18.5 Å². The number of hydrogen-bond donors (Lipinski definition) is 1. The molecule has 0 aliphatic carbocycles. The number of aliphatic hydroxyl groups is 1. The molecule has 0 amide bonds. The Balaban J connectivity index is 2.52. The number of aliphatic hydroxyl groups excluding tert-OH is 1. The molecule has 3 nitrogen and oxygen atoms in total. The van der Waals surface area contributed by atoms with E-state index in [-0.39, 0.29) is 6.61 Å². The molecule has 74 valence electrons. The summed E-state index contributed by atoms with van der Waals surface area (Å²) in [6.07, 6.45) is 0. The molecular formula is C9H15NO2S. The van der Waals surface area contributed by atoms with Gasteiger partial charge < -0.3 is 9.84 Å². The largest absolute Gasteiger partial charge is 0.496 e. The second-order valence-electron chi connectivity index (χ2n) is 2.87. The van der Waals surface area contributed by atoms with Crippen LogP contribution in [0.4, 0.5) is 0 Å². The zero-order valence-corrected chi connectivity index (χ0v) is 8.80. The van der Waals surface area contributed by atoms with Crippen LogP contribution in [0.25, 0.3) is 0 Å². The van der Waals surface area contributed by atoms with Crippen LogP contribution in [0.2, 0.25) is 0 Å². The highest BCUT2D eigenvalue weighted by atomic mass is 32.1. The summed E-state index contributed by atoms with van der Waals surface area (Å²) in [4.78, 5) is 3.27. The molecule has 1 aromatic rings. The Morgan fingerprint density at radius 3 is 3.00 bits per heavy atom. The second kappa shape index (κ2) is 5.21. The van der Waals surface area contributed by atoms with Gasteiger partial charge in [-0.25, -0.2) is 0 Å². The molecule has 13 heavy (non-hydrogen) atoms. The molecule has 0 radical (unpaired) electrons. The Labute approximate surface area is 82.6 Å². The van der Waals surface area contributed by atoms with Crippen molar-refractivity contribution in [1.29, 1.82) is 0 Å². The van der Waals surface area contributed by atoms with Gasteiger partial charge in [0.25, 0.3) is 0 Å². The second-order valence-corrected chi connectivity index (χ2v) is 3.87. The van der Waals surface area contributed by atoms with Gasteiger partial charge in [-0.3, -0.25) is 4.90 Å². The number of methoxy groups -OCH3 is 1. The molecule has 0 saturated heterocycles. The third-order valence-corrected chi connectivity index (χ3v) is 2.71. The van der Waals surface area contributed by atoms with E-state index in [4.69, 9.17) is 9.84 Å². The SMILES string of the molecule is COc1ccsc1CN(C)CCO. The highest BCUT2D eigenvalue weighted by Gasteiger charge is 2.06.